The Labute approximate surface area is 168 Å². The van der Waals surface area contributed by atoms with Crippen molar-refractivity contribution in [2.75, 3.05) is 0 Å². The number of alkyl halides is 3. The zero-order valence-corrected chi connectivity index (χ0v) is 16.6. The van der Waals surface area contributed by atoms with Gasteiger partial charge in [0.2, 0.25) is 10.0 Å². The summed E-state index contributed by atoms with van der Waals surface area (Å²) in [6.07, 6.45) is 0.861. The monoisotopic (exact) mass is 421 g/mol. The maximum atomic E-state index is 12.9. The molecule has 29 heavy (non-hydrogen) atoms. The van der Waals surface area contributed by atoms with Crippen LogP contribution in [0.3, 0.4) is 0 Å². The number of primary sulfonamides is 1. The van der Waals surface area contributed by atoms with E-state index < -0.39 is 21.8 Å². The van der Waals surface area contributed by atoms with Gasteiger partial charge < -0.3 is 0 Å². The second kappa shape index (κ2) is 6.99. The van der Waals surface area contributed by atoms with Crippen molar-refractivity contribution in [1.82, 2.24) is 0 Å². The molecule has 0 atom stereocenters. The molecule has 1 spiro atoms. The van der Waals surface area contributed by atoms with Crippen molar-refractivity contribution >= 4 is 21.2 Å². The molecule has 154 valence electrons. The highest BCUT2D eigenvalue weighted by atomic mass is 32.2. The molecule has 0 aliphatic heterocycles. The molecule has 0 amide bonds. The number of sulfonamides is 1. The molecule has 2 N–H and O–H groups in total. The van der Waals surface area contributed by atoms with Gasteiger partial charge in [-0.1, -0.05) is 42.8 Å². The molecule has 0 bridgehead atoms. The predicted octanol–water partition coefficient (Wildman–Crippen LogP) is 5.37. The quantitative estimate of drug-likeness (QED) is 0.722. The van der Waals surface area contributed by atoms with Crippen LogP contribution >= 0.6 is 0 Å². The van der Waals surface area contributed by atoms with Gasteiger partial charge in [-0.25, -0.2) is 13.6 Å². The van der Waals surface area contributed by atoms with Crippen LogP contribution in [0.4, 0.5) is 13.2 Å². The van der Waals surface area contributed by atoms with E-state index in [0.717, 1.165) is 60.1 Å². The SMILES string of the molecule is NS(=O)(=O)Cc1ccc(C2=C(c3ccc(C(F)(F)F)cc3)CC3(CCC3)C2)cc1. The number of benzene rings is 2. The van der Waals surface area contributed by atoms with E-state index in [1.807, 2.05) is 12.1 Å². The summed E-state index contributed by atoms with van der Waals surface area (Å²) in [5, 5.41) is 5.11. The Kier molecular flexibility index (Phi) is 4.86. The molecule has 1 saturated carbocycles. The predicted molar refractivity (Wildman–Crippen MR) is 107 cm³/mol. The van der Waals surface area contributed by atoms with Crippen molar-refractivity contribution in [1.29, 1.82) is 0 Å². The Balaban J connectivity index is 1.69. The fourth-order valence-corrected chi connectivity index (χ4v) is 5.16. The Morgan fingerprint density at radius 2 is 1.34 bits per heavy atom. The molecule has 4 rings (SSSR count). The van der Waals surface area contributed by atoms with Crippen LogP contribution in [-0.4, -0.2) is 8.42 Å². The number of rotatable bonds is 4. The summed E-state index contributed by atoms with van der Waals surface area (Å²) in [5.41, 5.74) is 4.24. The van der Waals surface area contributed by atoms with Crippen molar-refractivity contribution in [3.05, 3.63) is 70.8 Å². The molecule has 0 saturated heterocycles. The lowest BCUT2D eigenvalue weighted by Crippen LogP contribution is -2.26. The molecule has 0 aromatic heterocycles. The van der Waals surface area contributed by atoms with E-state index in [0.29, 0.717) is 5.56 Å². The minimum atomic E-state index is -4.35. The van der Waals surface area contributed by atoms with Gasteiger partial charge in [0.05, 0.1) is 11.3 Å². The number of hydrogen-bond donors (Lipinski definition) is 1. The standard InChI is InChI=1S/C22H22F3NO2S/c23-22(24,25)18-8-6-17(7-9-18)20-13-21(10-1-11-21)12-19(20)16-4-2-15(3-5-16)14-29(26,27)28/h2-9H,1,10-14H2,(H2,26,27,28). The molecule has 7 heteroatoms. The Bertz CT molecular complexity index is 1050. The second-order valence-corrected chi connectivity index (χ2v) is 9.86. The molecule has 2 aliphatic rings. The molecular formula is C22H22F3NO2S. The van der Waals surface area contributed by atoms with E-state index >= 15 is 0 Å². The summed E-state index contributed by atoms with van der Waals surface area (Å²) in [5.74, 6) is -0.220. The van der Waals surface area contributed by atoms with Crippen molar-refractivity contribution in [3.8, 4) is 0 Å². The van der Waals surface area contributed by atoms with E-state index in [9.17, 15) is 21.6 Å². The van der Waals surface area contributed by atoms with Gasteiger partial charge in [0.15, 0.2) is 0 Å². The second-order valence-electron chi connectivity index (χ2n) is 8.24. The average Bonchev–Trinajstić information content (AvgIpc) is 3.02. The lowest BCUT2D eigenvalue weighted by Gasteiger charge is -2.39. The highest BCUT2D eigenvalue weighted by Crippen LogP contribution is 2.59. The molecule has 2 aliphatic carbocycles. The van der Waals surface area contributed by atoms with Gasteiger partial charge >= 0.3 is 6.18 Å². The van der Waals surface area contributed by atoms with Crippen LogP contribution in [0.25, 0.3) is 11.1 Å². The van der Waals surface area contributed by atoms with E-state index in [1.165, 1.54) is 6.42 Å². The van der Waals surface area contributed by atoms with Crippen LogP contribution in [0.1, 0.15) is 54.4 Å². The number of nitrogens with two attached hydrogens (primary N) is 1. The first-order valence-electron chi connectivity index (χ1n) is 9.54. The van der Waals surface area contributed by atoms with Gasteiger partial charge in [-0.05, 0) is 71.1 Å². The Morgan fingerprint density at radius 3 is 1.72 bits per heavy atom. The summed E-state index contributed by atoms with van der Waals surface area (Å²) >= 11 is 0. The maximum absolute atomic E-state index is 12.9. The first kappa shape index (κ1) is 20.2. The molecule has 3 nitrogen and oxygen atoms in total. The van der Waals surface area contributed by atoms with Crippen molar-refractivity contribution in [2.24, 2.45) is 10.6 Å². The highest BCUT2D eigenvalue weighted by molar-refractivity contribution is 7.88. The first-order chi connectivity index (χ1) is 13.5. The molecule has 1 fully saturated rings. The minimum absolute atomic E-state index is 0.215. The molecule has 0 heterocycles. The number of allylic oxidation sites excluding steroid dienone is 2. The number of halogens is 3. The molecule has 0 unspecified atom stereocenters. The molecule has 2 aromatic carbocycles. The fraction of sp³-hybridized carbons (Fsp3) is 0.364. The van der Waals surface area contributed by atoms with Gasteiger partial charge in [0.25, 0.3) is 0 Å². The van der Waals surface area contributed by atoms with Gasteiger partial charge in [0.1, 0.15) is 0 Å². The van der Waals surface area contributed by atoms with Gasteiger partial charge in [-0.15, -0.1) is 0 Å². The summed E-state index contributed by atoms with van der Waals surface area (Å²) in [6, 6.07) is 12.7. The lowest BCUT2D eigenvalue weighted by atomic mass is 9.66. The summed E-state index contributed by atoms with van der Waals surface area (Å²) in [7, 11) is -3.60. The van der Waals surface area contributed by atoms with Crippen molar-refractivity contribution < 1.29 is 21.6 Å². The zero-order valence-electron chi connectivity index (χ0n) is 15.8. The van der Waals surface area contributed by atoms with Crippen LogP contribution in [0, 0.1) is 5.41 Å². The topological polar surface area (TPSA) is 60.2 Å². The van der Waals surface area contributed by atoms with Crippen LogP contribution in [0.15, 0.2) is 48.5 Å². The molecule has 2 aromatic rings. The van der Waals surface area contributed by atoms with E-state index in [1.54, 1.807) is 24.3 Å². The van der Waals surface area contributed by atoms with E-state index in [4.69, 9.17) is 5.14 Å². The van der Waals surface area contributed by atoms with Gasteiger partial charge in [-0.2, -0.15) is 13.2 Å². The maximum Gasteiger partial charge on any atom is 0.416 e. The average molecular weight is 421 g/mol. The normalized spacial score (nSPS) is 18.9. The van der Waals surface area contributed by atoms with E-state index in [2.05, 4.69) is 0 Å². The summed E-state index contributed by atoms with van der Waals surface area (Å²) in [4.78, 5) is 0. The number of hydrogen-bond acceptors (Lipinski definition) is 2. The first-order valence-corrected chi connectivity index (χ1v) is 11.3. The Morgan fingerprint density at radius 1 is 0.862 bits per heavy atom. The third-order valence-corrected chi connectivity index (χ3v) is 6.85. The van der Waals surface area contributed by atoms with Gasteiger partial charge in [-0.3, -0.25) is 0 Å². The molecule has 0 radical (unpaired) electrons. The smallest absolute Gasteiger partial charge is 0.228 e. The summed E-state index contributed by atoms with van der Waals surface area (Å²) < 4.78 is 61.3. The van der Waals surface area contributed by atoms with Crippen LogP contribution < -0.4 is 5.14 Å². The molecular weight excluding hydrogens is 399 g/mol. The van der Waals surface area contributed by atoms with Crippen molar-refractivity contribution in [2.45, 2.75) is 44.0 Å². The zero-order chi connectivity index (χ0) is 20.9. The lowest BCUT2D eigenvalue weighted by molar-refractivity contribution is -0.137. The van der Waals surface area contributed by atoms with Crippen LogP contribution in [0.2, 0.25) is 0 Å². The fourth-order valence-electron chi connectivity index (χ4n) is 4.50. The third kappa shape index (κ3) is 4.26. The highest BCUT2D eigenvalue weighted by Gasteiger charge is 2.43. The van der Waals surface area contributed by atoms with Crippen molar-refractivity contribution in [3.63, 3.8) is 0 Å². The summed E-state index contributed by atoms with van der Waals surface area (Å²) in [6.45, 7) is 0. The van der Waals surface area contributed by atoms with Crippen LogP contribution in [0.5, 0.6) is 0 Å². The van der Waals surface area contributed by atoms with Gasteiger partial charge in [0, 0.05) is 0 Å². The van der Waals surface area contributed by atoms with E-state index in [-0.39, 0.29) is 11.2 Å². The van der Waals surface area contributed by atoms with Crippen LogP contribution in [-0.2, 0) is 22.0 Å². The largest absolute Gasteiger partial charge is 0.416 e. The minimum Gasteiger partial charge on any atom is -0.228 e. The third-order valence-electron chi connectivity index (χ3n) is 6.11. The Hall–Kier alpha value is -2.12.